The van der Waals surface area contributed by atoms with Crippen molar-refractivity contribution in [3.63, 3.8) is 0 Å². The normalized spacial score (nSPS) is 11.1. The van der Waals surface area contributed by atoms with Crippen molar-refractivity contribution in [2.24, 2.45) is 0 Å². The van der Waals surface area contributed by atoms with Gasteiger partial charge in [0.1, 0.15) is 12.4 Å². The lowest BCUT2D eigenvalue weighted by Gasteiger charge is -2.16. The van der Waals surface area contributed by atoms with Crippen molar-refractivity contribution in [3.8, 4) is 0 Å². The first-order valence-corrected chi connectivity index (χ1v) is 7.10. The van der Waals surface area contributed by atoms with Crippen LogP contribution in [0.15, 0.2) is 18.3 Å². The number of pyridine rings is 1. The first-order chi connectivity index (χ1) is 11.5. The van der Waals surface area contributed by atoms with E-state index in [4.69, 9.17) is 0 Å². The van der Waals surface area contributed by atoms with E-state index in [-0.39, 0.29) is 13.1 Å². The highest BCUT2D eigenvalue weighted by Crippen LogP contribution is 2.11. The number of rotatable bonds is 6. The number of amides is 4. The van der Waals surface area contributed by atoms with Crippen molar-refractivity contribution in [3.05, 3.63) is 23.9 Å². The van der Waals surface area contributed by atoms with Crippen LogP contribution in [0.4, 0.5) is 23.8 Å². The lowest BCUT2D eigenvalue weighted by atomic mass is 10.3. The molecule has 1 aromatic rings. The summed E-state index contributed by atoms with van der Waals surface area (Å²) in [5, 5.41) is 5.78. The van der Waals surface area contributed by atoms with Crippen LogP contribution in [-0.2, 0) is 9.59 Å². The van der Waals surface area contributed by atoms with Crippen LogP contribution in [0.25, 0.3) is 0 Å². The van der Waals surface area contributed by atoms with Gasteiger partial charge in [-0.25, -0.2) is 9.78 Å². The minimum Gasteiger partial charge on any atom is -0.329 e. The summed E-state index contributed by atoms with van der Waals surface area (Å²) in [6.45, 7) is -0.243. The first kappa shape index (κ1) is 20.4. The van der Waals surface area contributed by atoms with Gasteiger partial charge in [-0.3, -0.25) is 19.8 Å². The number of hydrogen-bond donors (Lipinski definition) is 3. The van der Waals surface area contributed by atoms with Crippen LogP contribution >= 0.6 is 0 Å². The number of nitrogens with one attached hydrogen (secondary N) is 3. The number of alkyl halides is 3. The molecule has 1 rings (SSSR count). The highest BCUT2D eigenvalue weighted by molar-refractivity contribution is 5.96. The van der Waals surface area contributed by atoms with Crippen LogP contribution < -0.4 is 16.0 Å². The number of anilines is 1. The smallest absolute Gasteiger partial charge is 0.329 e. The van der Waals surface area contributed by atoms with Gasteiger partial charge in [-0.1, -0.05) is 0 Å². The minimum absolute atomic E-state index is 0.173. The third-order valence-electron chi connectivity index (χ3n) is 2.71. The van der Waals surface area contributed by atoms with E-state index in [1.54, 1.807) is 17.4 Å². The van der Waals surface area contributed by atoms with Crippen molar-refractivity contribution in [2.75, 3.05) is 32.0 Å². The fraction of sp³-hybridized carbons (Fsp3) is 0.429. The molecule has 11 heteroatoms. The average molecular weight is 361 g/mol. The Labute approximate surface area is 141 Å². The van der Waals surface area contributed by atoms with Gasteiger partial charge in [-0.15, -0.1) is 0 Å². The Balaban J connectivity index is 2.35. The number of hydrogen-bond acceptors (Lipinski definition) is 5. The second-order valence-electron chi connectivity index (χ2n) is 5.28. The van der Waals surface area contributed by atoms with Crippen LogP contribution in [-0.4, -0.2) is 60.6 Å². The molecule has 0 aromatic carbocycles. The SMILES string of the molecule is Cc1ccnc(NC(=O)CN(C)CC(=O)NC(=O)NCC(F)(F)F)c1. The van der Waals surface area contributed by atoms with Crippen molar-refractivity contribution in [2.45, 2.75) is 13.1 Å². The number of likely N-dealkylation sites (N-methyl/N-ethyl adjacent to an activating group) is 1. The number of nitrogens with zero attached hydrogens (tertiary/aromatic N) is 2. The zero-order chi connectivity index (χ0) is 19.0. The van der Waals surface area contributed by atoms with Crippen LogP contribution in [0.1, 0.15) is 5.56 Å². The molecular formula is C14H18F3N5O3. The van der Waals surface area contributed by atoms with Crippen molar-refractivity contribution in [1.82, 2.24) is 20.5 Å². The monoisotopic (exact) mass is 361 g/mol. The number of imide groups is 1. The Morgan fingerprint density at radius 2 is 1.84 bits per heavy atom. The number of urea groups is 1. The van der Waals surface area contributed by atoms with E-state index in [9.17, 15) is 27.6 Å². The van der Waals surface area contributed by atoms with Crippen LogP contribution in [0.2, 0.25) is 0 Å². The fourth-order valence-electron chi connectivity index (χ4n) is 1.72. The summed E-state index contributed by atoms with van der Waals surface area (Å²) in [6, 6.07) is 2.16. The predicted octanol–water partition coefficient (Wildman–Crippen LogP) is 0.648. The van der Waals surface area contributed by atoms with Crippen molar-refractivity contribution < 1.29 is 27.6 Å². The predicted molar refractivity (Wildman–Crippen MR) is 82.7 cm³/mol. The zero-order valence-corrected chi connectivity index (χ0v) is 13.6. The lowest BCUT2D eigenvalue weighted by molar-refractivity contribution is -0.125. The van der Waals surface area contributed by atoms with Gasteiger partial charge in [0.15, 0.2) is 0 Å². The Morgan fingerprint density at radius 1 is 1.20 bits per heavy atom. The number of aryl methyl sites for hydroxylation is 1. The second-order valence-corrected chi connectivity index (χ2v) is 5.28. The Morgan fingerprint density at radius 3 is 2.44 bits per heavy atom. The average Bonchev–Trinajstić information content (AvgIpc) is 2.43. The molecule has 1 heterocycles. The van der Waals surface area contributed by atoms with Gasteiger partial charge >= 0.3 is 12.2 Å². The quantitative estimate of drug-likeness (QED) is 0.690. The van der Waals surface area contributed by atoms with Gasteiger partial charge in [0.2, 0.25) is 11.8 Å². The molecule has 3 N–H and O–H groups in total. The molecule has 0 bridgehead atoms. The van der Waals surface area contributed by atoms with E-state index >= 15 is 0 Å². The third-order valence-corrected chi connectivity index (χ3v) is 2.71. The molecule has 4 amide bonds. The van der Waals surface area contributed by atoms with Crippen molar-refractivity contribution >= 4 is 23.7 Å². The highest BCUT2D eigenvalue weighted by atomic mass is 19.4. The highest BCUT2D eigenvalue weighted by Gasteiger charge is 2.28. The molecule has 0 spiro atoms. The van der Waals surface area contributed by atoms with Gasteiger partial charge in [0.05, 0.1) is 13.1 Å². The molecule has 1 aromatic heterocycles. The molecule has 0 aliphatic rings. The van der Waals surface area contributed by atoms with E-state index in [1.807, 2.05) is 6.92 Å². The number of halogens is 3. The van der Waals surface area contributed by atoms with Gasteiger partial charge in [0.25, 0.3) is 0 Å². The second kappa shape index (κ2) is 8.97. The molecular weight excluding hydrogens is 343 g/mol. The molecule has 0 fully saturated rings. The number of aromatic nitrogens is 1. The Kier molecular flexibility index (Phi) is 7.30. The molecule has 0 radical (unpaired) electrons. The maximum Gasteiger partial charge on any atom is 0.405 e. The van der Waals surface area contributed by atoms with E-state index in [0.29, 0.717) is 5.82 Å². The number of carbonyl (C=O) groups is 3. The molecule has 0 saturated heterocycles. The van der Waals surface area contributed by atoms with Crippen LogP contribution in [0.5, 0.6) is 0 Å². The molecule has 0 unspecified atom stereocenters. The lowest BCUT2D eigenvalue weighted by Crippen LogP contribution is -2.47. The van der Waals surface area contributed by atoms with Crippen LogP contribution in [0.3, 0.4) is 0 Å². The fourth-order valence-corrected chi connectivity index (χ4v) is 1.72. The van der Waals surface area contributed by atoms with E-state index in [0.717, 1.165) is 5.56 Å². The maximum atomic E-state index is 11.9. The number of carbonyl (C=O) groups excluding carboxylic acids is 3. The molecule has 25 heavy (non-hydrogen) atoms. The van der Waals surface area contributed by atoms with Crippen molar-refractivity contribution in [1.29, 1.82) is 0 Å². The Bertz CT molecular complexity index is 636. The van der Waals surface area contributed by atoms with Gasteiger partial charge in [-0.05, 0) is 31.7 Å². The van der Waals surface area contributed by atoms with Crippen LogP contribution in [0, 0.1) is 6.92 Å². The van der Waals surface area contributed by atoms with E-state index in [2.05, 4.69) is 10.3 Å². The molecule has 138 valence electrons. The van der Waals surface area contributed by atoms with E-state index in [1.165, 1.54) is 23.5 Å². The summed E-state index contributed by atoms with van der Waals surface area (Å²) >= 11 is 0. The maximum absolute atomic E-state index is 11.9. The minimum atomic E-state index is -4.57. The summed E-state index contributed by atoms with van der Waals surface area (Å²) in [4.78, 5) is 39.7. The zero-order valence-electron chi connectivity index (χ0n) is 13.6. The van der Waals surface area contributed by atoms with Gasteiger partial charge in [0, 0.05) is 6.20 Å². The van der Waals surface area contributed by atoms with Gasteiger partial charge < -0.3 is 10.6 Å². The summed E-state index contributed by atoms with van der Waals surface area (Å²) in [7, 11) is 1.44. The molecule has 0 aliphatic heterocycles. The standard InChI is InChI=1S/C14H18F3N5O3/c1-9-3-4-18-10(5-9)20-11(23)6-22(2)7-12(24)21-13(25)19-8-14(15,16)17/h3-5H,6-8H2,1-2H3,(H,18,20,23)(H2,19,21,24,25). The summed E-state index contributed by atoms with van der Waals surface area (Å²) in [5.74, 6) is -0.923. The Hall–Kier alpha value is -2.69. The van der Waals surface area contributed by atoms with E-state index < -0.39 is 30.6 Å². The topological polar surface area (TPSA) is 103 Å². The first-order valence-electron chi connectivity index (χ1n) is 7.10. The molecule has 0 saturated carbocycles. The molecule has 0 aliphatic carbocycles. The third kappa shape index (κ3) is 9.25. The molecule has 8 nitrogen and oxygen atoms in total. The largest absolute Gasteiger partial charge is 0.405 e. The summed E-state index contributed by atoms with van der Waals surface area (Å²) < 4.78 is 35.8. The summed E-state index contributed by atoms with van der Waals surface area (Å²) in [5.41, 5.74) is 0.905. The molecule has 0 atom stereocenters. The van der Waals surface area contributed by atoms with Gasteiger partial charge in [-0.2, -0.15) is 13.2 Å². The summed E-state index contributed by atoms with van der Waals surface area (Å²) in [6.07, 6.45) is -3.04.